The zero-order chi connectivity index (χ0) is 12.4. The van der Waals surface area contributed by atoms with Gasteiger partial charge in [0.1, 0.15) is 5.65 Å². The highest BCUT2D eigenvalue weighted by atomic mass is 35.5. The maximum atomic E-state index is 5.97. The molecule has 2 aromatic rings. The van der Waals surface area contributed by atoms with Gasteiger partial charge in [-0.3, -0.25) is 4.90 Å². The topological polar surface area (TPSA) is 32.6 Å². The SMILES string of the molecule is Cl.Cl.Clc1ccc2nc(CN3CCCNCC3)cn2c1. The summed E-state index contributed by atoms with van der Waals surface area (Å²) in [5.74, 6) is 0. The number of hydrogen-bond donors (Lipinski definition) is 1. The molecule has 0 spiro atoms. The van der Waals surface area contributed by atoms with Gasteiger partial charge >= 0.3 is 0 Å². The van der Waals surface area contributed by atoms with Gasteiger partial charge in [-0.2, -0.15) is 0 Å². The number of hydrogen-bond acceptors (Lipinski definition) is 3. The van der Waals surface area contributed by atoms with E-state index in [0.717, 1.165) is 49.1 Å². The van der Waals surface area contributed by atoms with Crippen LogP contribution in [0.3, 0.4) is 0 Å². The van der Waals surface area contributed by atoms with Crippen LogP contribution in [-0.2, 0) is 6.54 Å². The van der Waals surface area contributed by atoms with Crippen molar-refractivity contribution in [1.82, 2.24) is 19.6 Å². The Kier molecular flexibility index (Phi) is 7.06. The second-order valence-electron chi connectivity index (χ2n) is 4.72. The van der Waals surface area contributed by atoms with Gasteiger partial charge in [0.2, 0.25) is 0 Å². The fraction of sp³-hybridized carbons (Fsp3) is 0.462. The highest BCUT2D eigenvalue weighted by Crippen LogP contribution is 2.13. The minimum Gasteiger partial charge on any atom is -0.315 e. The van der Waals surface area contributed by atoms with Gasteiger partial charge in [-0.1, -0.05) is 11.6 Å². The third kappa shape index (κ3) is 4.24. The Morgan fingerprint density at radius 2 is 2.00 bits per heavy atom. The fourth-order valence-corrected chi connectivity index (χ4v) is 2.55. The molecule has 0 unspecified atom stereocenters. The molecular formula is C13H19Cl3N4. The Hall–Kier alpha value is -0.520. The molecular weight excluding hydrogens is 319 g/mol. The predicted molar refractivity (Wildman–Crippen MR) is 87.5 cm³/mol. The van der Waals surface area contributed by atoms with Crippen LogP contribution in [0.4, 0.5) is 0 Å². The van der Waals surface area contributed by atoms with Crippen LogP contribution >= 0.6 is 36.4 Å². The predicted octanol–water partition coefficient (Wildman–Crippen LogP) is 2.63. The van der Waals surface area contributed by atoms with E-state index in [9.17, 15) is 0 Å². The molecule has 0 bridgehead atoms. The summed E-state index contributed by atoms with van der Waals surface area (Å²) < 4.78 is 1.99. The number of aromatic nitrogens is 2. The molecule has 0 aliphatic carbocycles. The minimum absolute atomic E-state index is 0. The van der Waals surface area contributed by atoms with Gasteiger partial charge < -0.3 is 9.72 Å². The first-order valence-electron chi connectivity index (χ1n) is 6.37. The van der Waals surface area contributed by atoms with Crippen LogP contribution in [-0.4, -0.2) is 40.5 Å². The van der Waals surface area contributed by atoms with Crippen molar-refractivity contribution >= 4 is 42.1 Å². The zero-order valence-electron chi connectivity index (χ0n) is 11.1. The standard InChI is InChI=1S/C13H17ClN4.2ClH/c14-11-2-3-13-16-12(10-18(13)8-11)9-17-6-1-4-15-5-7-17;;/h2-3,8,10,15H,1,4-7,9H2;2*1H. The van der Waals surface area contributed by atoms with Crippen LogP contribution in [0.1, 0.15) is 12.1 Å². The molecule has 0 amide bonds. The summed E-state index contributed by atoms with van der Waals surface area (Å²) in [5, 5.41) is 4.15. The molecule has 0 aromatic carbocycles. The first-order chi connectivity index (χ1) is 8.81. The van der Waals surface area contributed by atoms with E-state index in [4.69, 9.17) is 11.6 Å². The Morgan fingerprint density at radius 3 is 2.85 bits per heavy atom. The van der Waals surface area contributed by atoms with Crippen molar-refractivity contribution in [2.45, 2.75) is 13.0 Å². The van der Waals surface area contributed by atoms with Gasteiger partial charge in [0.25, 0.3) is 0 Å². The van der Waals surface area contributed by atoms with Crippen LogP contribution in [0, 0.1) is 0 Å². The van der Waals surface area contributed by atoms with Gasteiger partial charge in [0.05, 0.1) is 10.7 Å². The summed E-state index contributed by atoms with van der Waals surface area (Å²) in [7, 11) is 0. The molecule has 0 saturated carbocycles. The van der Waals surface area contributed by atoms with Crippen molar-refractivity contribution < 1.29 is 0 Å². The molecule has 1 aliphatic rings. The summed E-state index contributed by atoms with van der Waals surface area (Å²) in [4.78, 5) is 7.07. The van der Waals surface area contributed by atoms with Gasteiger partial charge in [0.15, 0.2) is 0 Å². The molecule has 2 aromatic heterocycles. The van der Waals surface area contributed by atoms with Crippen molar-refractivity contribution in [2.75, 3.05) is 26.2 Å². The normalized spacial score (nSPS) is 16.2. The minimum atomic E-state index is 0. The van der Waals surface area contributed by atoms with Crippen molar-refractivity contribution in [3.05, 3.63) is 35.2 Å². The second-order valence-corrected chi connectivity index (χ2v) is 5.16. The van der Waals surface area contributed by atoms with E-state index in [-0.39, 0.29) is 24.8 Å². The second kappa shape index (κ2) is 8.05. The summed E-state index contributed by atoms with van der Waals surface area (Å²) in [6.07, 6.45) is 5.18. The monoisotopic (exact) mass is 336 g/mol. The van der Waals surface area contributed by atoms with Crippen LogP contribution in [0.15, 0.2) is 24.5 Å². The molecule has 1 aliphatic heterocycles. The Bertz CT molecular complexity index is 535. The Balaban J connectivity index is 0.000001000. The van der Waals surface area contributed by atoms with E-state index in [1.807, 2.05) is 22.7 Å². The Labute approximate surface area is 136 Å². The third-order valence-corrected chi connectivity index (χ3v) is 3.51. The lowest BCUT2D eigenvalue weighted by molar-refractivity contribution is 0.281. The van der Waals surface area contributed by atoms with E-state index < -0.39 is 0 Å². The van der Waals surface area contributed by atoms with E-state index in [2.05, 4.69) is 21.4 Å². The lowest BCUT2D eigenvalue weighted by Gasteiger charge is -2.17. The van der Waals surface area contributed by atoms with Crippen LogP contribution in [0.25, 0.3) is 5.65 Å². The molecule has 7 heteroatoms. The van der Waals surface area contributed by atoms with Crippen molar-refractivity contribution in [3.63, 3.8) is 0 Å². The molecule has 4 nitrogen and oxygen atoms in total. The molecule has 3 rings (SSSR count). The van der Waals surface area contributed by atoms with Crippen molar-refractivity contribution in [2.24, 2.45) is 0 Å². The van der Waals surface area contributed by atoms with Crippen LogP contribution in [0.2, 0.25) is 5.02 Å². The van der Waals surface area contributed by atoms with Crippen LogP contribution < -0.4 is 5.32 Å². The maximum Gasteiger partial charge on any atom is 0.137 e. The van der Waals surface area contributed by atoms with Crippen molar-refractivity contribution in [1.29, 1.82) is 0 Å². The van der Waals surface area contributed by atoms with E-state index in [0.29, 0.717) is 0 Å². The van der Waals surface area contributed by atoms with Crippen LogP contribution in [0.5, 0.6) is 0 Å². The number of nitrogens with one attached hydrogen (secondary N) is 1. The number of imidazole rings is 1. The summed E-state index contributed by atoms with van der Waals surface area (Å²) in [6, 6.07) is 3.83. The van der Waals surface area contributed by atoms with E-state index in [1.54, 1.807) is 0 Å². The third-order valence-electron chi connectivity index (χ3n) is 3.28. The molecule has 0 radical (unpaired) electrons. The first-order valence-corrected chi connectivity index (χ1v) is 6.75. The van der Waals surface area contributed by atoms with Gasteiger partial charge in [-0.05, 0) is 31.6 Å². The fourth-order valence-electron chi connectivity index (χ4n) is 2.38. The van der Waals surface area contributed by atoms with E-state index >= 15 is 0 Å². The summed E-state index contributed by atoms with van der Waals surface area (Å²) >= 11 is 5.97. The van der Waals surface area contributed by atoms with Crippen molar-refractivity contribution in [3.8, 4) is 0 Å². The Morgan fingerprint density at radius 1 is 1.15 bits per heavy atom. The zero-order valence-corrected chi connectivity index (χ0v) is 13.5. The summed E-state index contributed by atoms with van der Waals surface area (Å²) in [5.41, 5.74) is 2.07. The lowest BCUT2D eigenvalue weighted by atomic mass is 10.3. The first kappa shape index (κ1) is 17.5. The highest BCUT2D eigenvalue weighted by Gasteiger charge is 2.11. The van der Waals surface area contributed by atoms with Gasteiger partial charge in [-0.15, -0.1) is 24.8 Å². The van der Waals surface area contributed by atoms with Gasteiger partial charge in [0, 0.05) is 32.0 Å². The number of pyridine rings is 1. The average Bonchev–Trinajstić information content (AvgIpc) is 2.57. The molecule has 112 valence electrons. The number of rotatable bonds is 2. The van der Waals surface area contributed by atoms with E-state index in [1.165, 1.54) is 6.42 Å². The molecule has 1 fully saturated rings. The molecule has 1 N–H and O–H groups in total. The summed E-state index contributed by atoms with van der Waals surface area (Å²) in [6.45, 7) is 5.34. The average molecular weight is 338 g/mol. The lowest BCUT2D eigenvalue weighted by Crippen LogP contribution is -2.27. The molecule has 0 atom stereocenters. The number of halogens is 3. The quantitative estimate of drug-likeness (QED) is 0.914. The highest BCUT2D eigenvalue weighted by molar-refractivity contribution is 6.30. The molecule has 20 heavy (non-hydrogen) atoms. The largest absolute Gasteiger partial charge is 0.315 e. The number of nitrogens with zero attached hydrogens (tertiary/aromatic N) is 3. The maximum absolute atomic E-state index is 5.97. The molecule has 3 heterocycles. The molecule has 1 saturated heterocycles. The number of fused-ring (bicyclic) bond motifs is 1. The smallest absolute Gasteiger partial charge is 0.137 e. The van der Waals surface area contributed by atoms with Gasteiger partial charge in [-0.25, -0.2) is 4.98 Å².